The van der Waals surface area contributed by atoms with E-state index >= 15 is 0 Å². The summed E-state index contributed by atoms with van der Waals surface area (Å²) in [6, 6.07) is 7.77. The van der Waals surface area contributed by atoms with Gasteiger partial charge in [0.2, 0.25) is 0 Å². The first-order valence-corrected chi connectivity index (χ1v) is 7.04. The van der Waals surface area contributed by atoms with Crippen LogP contribution in [0, 0.1) is 0 Å². The van der Waals surface area contributed by atoms with Gasteiger partial charge >= 0.3 is 0 Å². The Morgan fingerprint density at radius 3 is 3.10 bits per heavy atom. The van der Waals surface area contributed by atoms with Crippen LogP contribution in [0.15, 0.2) is 47.5 Å². The normalized spacial score (nSPS) is 10.7. The molecule has 102 valence electrons. The fourth-order valence-corrected chi connectivity index (χ4v) is 2.33. The van der Waals surface area contributed by atoms with Crippen LogP contribution in [0.4, 0.5) is 11.5 Å². The smallest absolute Gasteiger partial charge is 0.181 e. The average molecular weight is 333 g/mol. The summed E-state index contributed by atoms with van der Waals surface area (Å²) >= 11 is 3.44. The molecule has 0 aliphatic carbocycles. The molecule has 0 radical (unpaired) electrons. The number of hydrogen-bond acceptors (Lipinski definition) is 4. The second-order valence-corrected chi connectivity index (χ2v) is 4.95. The minimum absolute atomic E-state index is 0.643. The molecule has 20 heavy (non-hydrogen) atoms. The maximum Gasteiger partial charge on any atom is 0.181 e. The minimum Gasteiger partial charge on any atom is -0.494 e. The third kappa shape index (κ3) is 2.46. The zero-order chi connectivity index (χ0) is 13.9. The van der Waals surface area contributed by atoms with E-state index < -0.39 is 0 Å². The van der Waals surface area contributed by atoms with Gasteiger partial charge in [-0.15, -0.1) is 0 Å². The molecule has 0 aliphatic heterocycles. The number of nitrogens with one attached hydrogen (secondary N) is 1. The third-order valence-electron chi connectivity index (χ3n) is 2.79. The summed E-state index contributed by atoms with van der Waals surface area (Å²) in [6.45, 7) is 2.61. The zero-order valence-electron chi connectivity index (χ0n) is 10.9. The molecule has 5 nitrogen and oxygen atoms in total. The molecule has 0 amide bonds. The number of hydrogen-bond donors (Lipinski definition) is 1. The quantitative estimate of drug-likeness (QED) is 0.792. The van der Waals surface area contributed by atoms with Crippen LogP contribution in [0.3, 0.4) is 0 Å². The first-order valence-electron chi connectivity index (χ1n) is 6.25. The van der Waals surface area contributed by atoms with Crippen LogP contribution in [-0.4, -0.2) is 21.0 Å². The van der Waals surface area contributed by atoms with Crippen LogP contribution >= 0.6 is 15.9 Å². The highest BCUT2D eigenvalue weighted by atomic mass is 79.9. The van der Waals surface area contributed by atoms with Gasteiger partial charge in [-0.05, 0) is 35.0 Å². The van der Waals surface area contributed by atoms with Crippen molar-refractivity contribution in [1.82, 2.24) is 14.4 Å². The summed E-state index contributed by atoms with van der Waals surface area (Å²) in [7, 11) is 0. The molecular weight excluding hydrogens is 320 g/mol. The van der Waals surface area contributed by atoms with E-state index in [1.807, 2.05) is 41.8 Å². The summed E-state index contributed by atoms with van der Waals surface area (Å²) in [5, 5.41) is 3.26. The van der Waals surface area contributed by atoms with Crippen molar-refractivity contribution in [3.63, 3.8) is 0 Å². The van der Waals surface area contributed by atoms with Crippen molar-refractivity contribution in [3.05, 3.63) is 47.5 Å². The van der Waals surface area contributed by atoms with E-state index in [1.165, 1.54) is 0 Å². The molecule has 1 aromatic carbocycles. The van der Waals surface area contributed by atoms with Gasteiger partial charge in [-0.3, -0.25) is 4.40 Å². The number of anilines is 2. The third-order valence-corrected chi connectivity index (χ3v) is 3.38. The molecule has 0 spiro atoms. The summed E-state index contributed by atoms with van der Waals surface area (Å²) < 4.78 is 8.30. The number of nitrogens with zero attached hydrogens (tertiary/aromatic N) is 3. The molecule has 1 N–H and O–H groups in total. The molecule has 6 heteroatoms. The van der Waals surface area contributed by atoms with Gasteiger partial charge in [-0.1, -0.05) is 6.07 Å². The van der Waals surface area contributed by atoms with Gasteiger partial charge in [-0.2, -0.15) is 0 Å². The Balaban J connectivity index is 1.95. The van der Waals surface area contributed by atoms with E-state index in [2.05, 4.69) is 31.2 Å². The van der Waals surface area contributed by atoms with Crippen molar-refractivity contribution in [2.75, 3.05) is 11.9 Å². The first kappa shape index (κ1) is 12.9. The summed E-state index contributed by atoms with van der Waals surface area (Å²) in [6.07, 6.45) is 5.33. The van der Waals surface area contributed by atoms with E-state index in [1.54, 1.807) is 12.4 Å². The van der Waals surface area contributed by atoms with Crippen molar-refractivity contribution in [1.29, 1.82) is 0 Å². The number of fused-ring (bicyclic) bond motifs is 1. The van der Waals surface area contributed by atoms with E-state index in [0.717, 1.165) is 21.7 Å². The van der Waals surface area contributed by atoms with Gasteiger partial charge in [0, 0.05) is 24.1 Å². The summed E-state index contributed by atoms with van der Waals surface area (Å²) in [5.41, 5.74) is 1.68. The highest BCUT2D eigenvalue weighted by molar-refractivity contribution is 9.10. The van der Waals surface area contributed by atoms with Gasteiger partial charge in [0.05, 0.1) is 12.8 Å². The van der Waals surface area contributed by atoms with Crippen LogP contribution in [0.1, 0.15) is 6.92 Å². The first-order chi connectivity index (χ1) is 9.78. The topological polar surface area (TPSA) is 51.5 Å². The Morgan fingerprint density at radius 1 is 1.35 bits per heavy atom. The Hall–Kier alpha value is -2.08. The number of benzene rings is 1. The molecule has 0 aliphatic rings. The van der Waals surface area contributed by atoms with Gasteiger partial charge in [0.25, 0.3) is 0 Å². The lowest BCUT2D eigenvalue weighted by molar-refractivity contribution is 0.340. The molecule has 3 aromatic rings. The lowest BCUT2D eigenvalue weighted by Gasteiger charge is -2.09. The molecule has 0 unspecified atom stereocenters. The number of aromatic nitrogens is 3. The van der Waals surface area contributed by atoms with Crippen molar-refractivity contribution >= 4 is 33.1 Å². The van der Waals surface area contributed by atoms with Gasteiger partial charge in [-0.25, -0.2) is 9.97 Å². The van der Waals surface area contributed by atoms with Crippen molar-refractivity contribution < 1.29 is 4.74 Å². The second kappa shape index (κ2) is 5.50. The number of halogens is 1. The van der Waals surface area contributed by atoms with E-state index in [-0.39, 0.29) is 0 Å². The number of ether oxygens (including phenoxy) is 1. The van der Waals surface area contributed by atoms with Crippen LogP contribution in [0.2, 0.25) is 0 Å². The predicted molar refractivity (Wildman–Crippen MR) is 81.6 cm³/mol. The molecule has 3 rings (SSSR count). The van der Waals surface area contributed by atoms with Crippen LogP contribution in [0.5, 0.6) is 5.75 Å². The lowest BCUT2D eigenvalue weighted by Crippen LogP contribution is -1.98. The van der Waals surface area contributed by atoms with Crippen molar-refractivity contribution in [2.45, 2.75) is 6.92 Å². The number of rotatable bonds is 4. The standard InChI is InChI=1S/C14H13BrN4O/c1-2-20-11-5-3-4-10(8-11)18-13-14-17-9-12(15)19(14)7-6-16-13/h3-9H,2H2,1H3,(H,16,18). The summed E-state index contributed by atoms with van der Waals surface area (Å²) in [4.78, 5) is 8.67. The Labute approximate surface area is 124 Å². The zero-order valence-corrected chi connectivity index (χ0v) is 12.5. The maximum absolute atomic E-state index is 5.49. The Morgan fingerprint density at radius 2 is 2.25 bits per heavy atom. The summed E-state index contributed by atoms with van der Waals surface area (Å²) in [5.74, 6) is 1.53. The fourth-order valence-electron chi connectivity index (χ4n) is 1.94. The highest BCUT2D eigenvalue weighted by Gasteiger charge is 2.07. The lowest BCUT2D eigenvalue weighted by atomic mass is 10.3. The Kier molecular flexibility index (Phi) is 3.56. The second-order valence-electron chi connectivity index (χ2n) is 4.14. The molecule has 2 heterocycles. The molecule has 0 fully saturated rings. The minimum atomic E-state index is 0.643. The predicted octanol–water partition coefficient (Wildman–Crippen LogP) is 3.63. The fraction of sp³-hybridized carbons (Fsp3) is 0.143. The van der Waals surface area contributed by atoms with Crippen molar-refractivity contribution in [3.8, 4) is 5.75 Å². The van der Waals surface area contributed by atoms with E-state index in [0.29, 0.717) is 12.4 Å². The Bertz CT molecular complexity index is 741. The molecule has 0 saturated heterocycles. The van der Waals surface area contributed by atoms with Gasteiger partial charge in [0.1, 0.15) is 10.4 Å². The molecule has 0 atom stereocenters. The van der Waals surface area contributed by atoms with E-state index in [4.69, 9.17) is 4.74 Å². The molecule has 2 aromatic heterocycles. The van der Waals surface area contributed by atoms with Gasteiger partial charge in [0.15, 0.2) is 11.5 Å². The van der Waals surface area contributed by atoms with Gasteiger partial charge < -0.3 is 10.1 Å². The van der Waals surface area contributed by atoms with E-state index in [9.17, 15) is 0 Å². The monoisotopic (exact) mass is 332 g/mol. The maximum atomic E-state index is 5.49. The van der Waals surface area contributed by atoms with Crippen LogP contribution < -0.4 is 10.1 Å². The van der Waals surface area contributed by atoms with Crippen LogP contribution in [-0.2, 0) is 0 Å². The molecular formula is C14H13BrN4O. The van der Waals surface area contributed by atoms with Crippen molar-refractivity contribution in [2.24, 2.45) is 0 Å². The average Bonchev–Trinajstić information content (AvgIpc) is 2.83. The number of imidazole rings is 1. The van der Waals surface area contributed by atoms with Crippen LogP contribution in [0.25, 0.3) is 5.65 Å². The largest absolute Gasteiger partial charge is 0.494 e. The molecule has 0 saturated carbocycles. The SMILES string of the molecule is CCOc1cccc(Nc2nccn3c(Br)cnc23)c1. The highest BCUT2D eigenvalue weighted by Crippen LogP contribution is 2.24. The molecule has 0 bridgehead atoms.